The quantitative estimate of drug-likeness (QED) is 0.754. The van der Waals surface area contributed by atoms with Gasteiger partial charge in [-0.3, -0.25) is 4.79 Å². The van der Waals surface area contributed by atoms with Gasteiger partial charge in [-0.25, -0.2) is 0 Å². The molecule has 3 N–H and O–H groups in total. The summed E-state index contributed by atoms with van der Waals surface area (Å²) in [5.41, 5.74) is 9.51. The Morgan fingerprint density at radius 2 is 1.76 bits per heavy atom. The first kappa shape index (κ1) is 15.9. The van der Waals surface area contributed by atoms with Gasteiger partial charge in [0, 0.05) is 42.0 Å². The molecule has 128 valence electrons. The third kappa shape index (κ3) is 3.17. The number of hydrogen-bond donors (Lipinski definition) is 2. The minimum atomic E-state index is -0.0467. The summed E-state index contributed by atoms with van der Waals surface area (Å²) in [5, 5.41) is 1.71. The molecular weight excluding hydrogens is 310 g/mol. The predicted molar refractivity (Wildman–Crippen MR) is 104 cm³/mol. The first-order valence-corrected chi connectivity index (χ1v) is 8.94. The number of anilines is 1. The van der Waals surface area contributed by atoms with Gasteiger partial charge in [-0.15, -0.1) is 0 Å². The van der Waals surface area contributed by atoms with Crippen LogP contribution in [0.25, 0.3) is 21.9 Å². The molecular formula is C21H23N3O. The number of fused-ring (bicyclic) bond motifs is 1. The number of pyridine rings is 1. The monoisotopic (exact) mass is 333 g/mol. The Morgan fingerprint density at radius 3 is 2.56 bits per heavy atom. The predicted octanol–water partition coefficient (Wildman–Crippen LogP) is 3.51. The first-order valence-electron chi connectivity index (χ1n) is 8.94. The van der Waals surface area contributed by atoms with Gasteiger partial charge in [0.15, 0.2) is 0 Å². The molecule has 0 amide bonds. The topological polar surface area (TPSA) is 62.1 Å². The molecule has 0 bridgehead atoms. The third-order valence-corrected chi connectivity index (χ3v) is 5.06. The Balaban J connectivity index is 1.69. The van der Waals surface area contributed by atoms with E-state index in [0.29, 0.717) is 0 Å². The largest absolute Gasteiger partial charge is 0.370 e. The highest BCUT2D eigenvalue weighted by atomic mass is 16.1. The molecule has 1 aliphatic rings. The van der Waals surface area contributed by atoms with E-state index in [1.165, 1.54) is 18.5 Å². The van der Waals surface area contributed by atoms with Gasteiger partial charge in [0.25, 0.3) is 5.56 Å². The summed E-state index contributed by atoms with van der Waals surface area (Å²) in [4.78, 5) is 17.2. The molecule has 2 heterocycles. The van der Waals surface area contributed by atoms with Gasteiger partial charge in [0.05, 0.1) is 0 Å². The van der Waals surface area contributed by atoms with E-state index in [2.05, 4.69) is 34.1 Å². The fraction of sp³-hybridized carbons (Fsp3) is 0.286. The Hall–Kier alpha value is -2.59. The Bertz CT molecular complexity index is 930. The van der Waals surface area contributed by atoms with E-state index in [1.54, 1.807) is 0 Å². The molecule has 1 saturated heterocycles. The van der Waals surface area contributed by atoms with Crippen LogP contribution in [0.2, 0.25) is 0 Å². The Labute approximate surface area is 147 Å². The zero-order valence-corrected chi connectivity index (χ0v) is 14.2. The summed E-state index contributed by atoms with van der Waals surface area (Å²) in [6.07, 6.45) is 5.32. The molecule has 0 radical (unpaired) electrons. The average molecular weight is 333 g/mol. The minimum absolute atomic E-state index is 0.0467. The Kier molecular flexibility index (Phi) is 4.28. The van der Waals surface area contributed by atoms with Crippen molar-refractivity contribution < 1.29 is 0 Å². The SMILES string of the molecule is NC1CCCCN(c2ccc(-c3c[nH]c(=O)c4ccccc34)cc2)C1. The number of H-pyrrole nitrogens is 1. The van der Waals surface area contributed by atoms with Crippen LogP contribution in [-0.4, -0.2) is 24.1 Å². The van der Waals surface area contributed by atoms with E-state index in [0.717, 1.165) is 41.4 Å². The molecule has 3 aromatic rings. The number of nitrogens with two attached hydrogens (primary N) is 1. The summed E-state index contributed by atoms with van der Waals surface area (Å²) in [6, 6.07) is 16.6. The summed E-state index contributed by atoms with van der Waals surface area (Å²) in [7, 11) is 0. The van der Waals surface area contributed by atoms with Gasteiger partial charge >= 0.3 is 0 Å². The van der Waals surface area contributed by atoms with Crippen molar-refractivity contribution in [2.24, 2.45) is 5.73 Å². The molecule has 4 rings (SSSR count). The molecule has 4 nitrogen and oxygen atoms in total. The highest BCUT2D eigenvalue weighted by molar-refractivity contribution is 5.95. The molecule has 25 heavy (non-hydrogen) atoms. The van der Waals surface area contributed by atoms with E-state index < -0.39 is 0 Å². The third-order valence-electron chi connectivity index (χ3n) is 5.06. The number of rotatable bonds is 2. The summed E-state index contributed by atoms with van der Waals surface area (Å²) >= 11 is 0. The van der Waals surface area contributed by atoms with Crippen molar-refractivity contribution in [1.29, 1.82) is 0 Å². The van der Waals surface area contributed by atoms with E-state index >= 15 is 0 Å². The lowest BCUT2D eigenvalue weighted by atomic mass is 10.0. The van der Waals surface area contributed by atoms with Crippen molar-refractivity contribution in [3.63, 3.8) is 0 Å². The van der Waals surface area contributed by atoms with Crippen LogP contribution < -0.4 is 16.2 Å². The smallest absolute Gasteiger partial charge is 0.255 e. The summed E-state index contributed by atoms with van der Waals surface area (Å²) in [6.45, 7) is 1.98. The minimum Gasteiger partial charge on any atom is -0.370 e. The van der Waals surface area contributed by atoms with Crippen molar-refractivity contribution in [2.45, 2.75) is 25.3 Å². The highest BCUT2D eigenvalue weighted by Crippen LogP contribution is 2.28. The molecule has 0 spiro atoms. The maximum atomic E-state index is 12.0. The lowest BCUT2D eigenvalue weighted by Crippen LogP contribution is -2.35. The van der Waals surface area contributed by atoms with Crippen LogP contribution in [0.4, 0.5) is 5.69 Å². The van der Waals surface area contributed by atoms with Crippen molar-refractivity contribution in [2.75, 3.05) is 18.0 Å². The van der Waals surface area contributed by atoms with Gasteiger partial charge in [0.2, 0.25) is 0 Å². The van der Waals surface area contributed by atoms with Crippen molar-refractivity contribution in [1.82, 2.24) is 4.98 Å². The molecule has 4 heteroatoms. The van der Waals surface area contributed by atoms with E-state index in [4.69, 9.17) is 5.73 Å². The van der Waals surface area contributed by atoms with Crippen LogP contribution in [0.5, 0.6) is 0 Å². The fourth-order valence-corrected chi connectivity index (χ4v) is 3.71. The highest BCUT2D eigenvalue weighted by Gasteiger charge is 2.15. The number of benzene rings is 2. The molecule has 2 aromatic carbocycles. The number of nitrogens with zero attached hydrogens (tertiary/aromatic N) is 1. The van der Waals surface area contributed by atoms with Gasteiger partial charge in [-0.2, -0.15) is 0 Å². The lowest BCUT2D eigenvalue weighted by molar-refractivity contribution is 0.621. The summed E-state index contributed by atoms with van der Waals surface area (Å²) < 4.78 is 0. The van der Waals surface area contributed by atoms with Crippen LogP contribution >= 0.6 is 0 Å². The lowest BCUT2D eigenvalue weighted by Gasteiger charge is -2.25. The van der Waals surface area contributed by atoms with Crippen LogP contribution in [0.3, 0.4) is 0 Å². The molecule has 0 saturated carbocycles. The number of nitrogens with one attached hydrogen (secondary N) is 1. The van der Waals surface area contributed by atoms with Gasteiger partial charge < -0.3 is 15.6 Å². The van der Waals surface area contributed by atoms with Gasteiger partial charge in [0.1, 0.15) is 0 Å². The maximum Gasteiger partial charge on any atom is 0.255 e. The van der Waals surface area contributed by atoms with Crippen LogP contribution in [-0.2, 0) is 0 Å². The van der Waals surface area contributed by atoms with Crippen LogP contribution in [0.15, 0.2) is 59.5 Å². The van der Waals surface area contributed by atoms with Crippen molar-refractivity contribution >= 4 is 16.5 Å². The molecule has 1 unspecified atom stereocenters. The van der Waals surface area contributed by atoms with Crippen LogP contribution in [0, 0.1) is 0 Å². The normalized spacial score (nSPS) is 18.3. The van der Waals surface area contributed by atoms with Crippen molar-refractivity contribution in [3.8, 4) is 11.1 Å². The van der Waals surface area contributed by atoms with Gasteiger partial charge in [-0.1, -0.05) is 36.8 Å². The summed E-state index contributed by atoms with van der Waals surface area (Å²) in [5.74, 6) is 0. The second kappa shape index (κ2) is 6.73. The second-order valence-electron chi connectivity index (χ2n) is 6.83. The molecule has 1 atom stereocenters. The van der Waals surface area contributed by atoms with Crippen molar-refractivity contribution in [3.05, 3.63) is 65.1 Å². The maximum absolute atomic E-state index is 12.0. The molecule has 1 aliphatic heterocycles. The fourth-order valence-electron chi connectivity index (χ4n) is 3.71. The number of hydrogen-bond acceptors (Lipinski definition) is 3. The number of aromatic amines is 1. The standard InChI is InChI=1S/C21H23N3O/c22-16-5-3-4-12-24(14-16)17-10-8-15(9-11-17)20-13-23-21(25)19-7-2-1-6-18(19)20/h1-2,6-11,13,16H,3-5,12,14,22H2,(H,23,25). The first-order chi connectivity index (χ1) is 12.2. The zero-order chi connectivity index (χ0) is 17.2. The zero-order valence-electron chi connectivity index (χ0n) is 14.2. The Morgan fingerprint density at radius 1 is 1.00 bits per heavy atom. The molecule has 1 fully saturated rings. The van der Waals surface area contributed by atoms with E-state index in [1.807, 2.05) is 30.5 Å². The van der Waals surface area contributed by atoms with E-state index in [9.17, 15) is 4.79 Å². The van der Waals surface area contributed by atoms with Gasteiger partial charge in [-0.05, 0) is 42.0 Å². The van der Waals surface area contributed by atoms with Crippen LogP contribution in [0.1, 0.15) is 19.3 Å². The molecule has 1 aromatic heterocycles. The average Bonchev–Trinajstić information content (AvgIpc) is 2.87. The van der Waals surface area contributed by atoms with E-state index in [-0.39, 0.29) is 11.6 Å². The number of aromatic nitrogens is 1. The second-order valence-corrected chi connectivity index (χ2v) is 6.83. The molecule has 0 aliphatic carbocycles.